The van der Waals surface area contributed by atoms with Gasteiger partial charge in [-0.25, -0.2) is 0 Å². The molecule has 1 saturated carbocycles. The molecule has 1 heterocycles. The molecule has 0 spiro atoms. The minimum absolute atomic E-state index is 0.240. The van der Waals surface area contributed by atoms with Crippen LogP contribution in [0.1, 0.15) is 51.9 Å². The fraction of sp³-hybridized carbons (Fsp3) is 0.938. The summed E-state index contributed by atoms with van der Waals surface area (Å²) in [5.74, 6) is 2.23. The molecule has 2 aliphatic rings. The summed E-state index contributed by atoms with van der Waals surface area (Å²) in [6.07, 6.45) is 8.91. The maximum absolute atomic E-state index is 12.5. The van der Waals surface area contributed by atoms with Gasteiger partial charge in [0.15, 0.2) is 0 Å². The van der Waals surface area contributed by atoms with Crippen LogP contribution in [0, 0.1) is 17.8 Å². The van der Waals surface area contributed by atoms with Crippen molar-refractivity contribution in [2.24, 2.45) is 17.8 Å². The summed E-state index contributed by atoms with van der Waals surface area (Å²) < 4.78 is 0. The van der Waals surface area contributed by atoms with Gasteiger partial charge in [0.25, 0.3) is 0 Å². The summed E-state index contributed by atoms with van der Waals surface area (Å²) in [5.41, 5.74) is 0. The summed E-state index contributed by atoms with van der Waals surface area (Å²) in [6.45, 7) is 5.18. The lowest BCUT2D eigenvalue weighted by molar-refractivity contribution is -0.136. The minimum atomic E-state index is 0.240. The highest BCUT2D eigenvalue weighted by Crippen LogP contribution is 2.31. The molecule has 0 aromatic carbocycles. The zero-order valence-electron chi connectivity index (χ0n) is 12.7. The van der Waals surface area contributed by atoms with Gasteiger partial charge in [0.05, 0.1) is 0 Å². The van der Waals surface area contributed by atoms with Gasteiger partial charge in [0, 0.05) is 19.0 Å². The molecule has 1 N–H and O–H groups in total. The Bertz CT molecular complexity index is 278. The number of carbonyl (C=O) groups excluding carboxylic acids is 1. The molecule has 2 fully saturated rings. The molecule has 0 aromatic heterocycles. The van der Waals surface area contributed by atoms with Gasteiger partial charge in [-0.3, -0.25) is 4.79 Å². The summed E-state index contributed by atoms with van der Waals surface area (Å²) in [7, 11) is 2.02. The molecule has 2 rings (SSSR count). The van der Waals surface area contributed by atoms with E-state index in [1.54, 1.807) is 0 Å². The first-order valence-electron chi connectivity index (χ1n) is 8.14. The van der Waals surface area contributed by atoms with Gasteiger partial charge in [0.1, 0.15) is 0 Å². The van der Waals surface area contributed by atoms with Gasteiger partial charge in [-0.05, 0) is 44.7 Å². The summed E-state index contributed by atoms with van der Waals surface area (Å²) in [6, 6.07) is 0. The normalized spacial score (nSPS) is 23.8. The van der Waals surface area contributed by atoms with Crippen molar-refractivity contribution >= 4 is 5.91 Å². The van der Waals surface area contributed by atoms with Crippen molar-refractivity contribution < 1.29 is 4.79 Å². The first-order chi connectivity index (χ1) is 9.20. The van der Waals surface area contributed by atoms with Crippen LogP contribution in [-0.2, 0) is 4.79 Å². The Morgan fingerprint density at radius 2 is 1.79 bits per heavy atom. The molecule has 1 saturated heterocycles. The highest BCUT2D eigenvalue weighted by molar-refractivity contribution is 5.78. The Balaban J connectivity index is 1.73. The molecule has 0 aromatic rings. The highest BCUT2D eigenvalue weighted by atomic mass is 16.2. The predicted molar refractivity (Wildman–Crippen MR) is 79.0 cm³/mol. The van der Waals surface area contributed by atoms with E-state index in [0.717, 1.165) is 37.9 Å². The highest BCUT2D eigenvalue weighted by Gasteiger charge is 2.28. The topological polar surface area (TPSA) is 32.3 Å². The maximum atomic E-state index is 12.5. The molecule has 3 nitrogen and oxygen atoms in total. The lowest BCUT2D eigenvalue weighted by Gasteiger charge is -2.34. The van der Waals surface area contributed by atoms with E-state index >= 15 is 0 Å². The molecule has 19 heavy (non-hydrogen) atoms. The van der Waals surface area contributed by atoms with E-state index in [-0.39, 0.29) is 5.92 Å². The average Bonchev–Trinajstić information content (AvgIpc) is 2.92. The van der Waals surface area contributed by atoms with Crippen molar-refractivity contribution in [1.82, 2.24) is 10.2 Å². The van der Waals surface area contributed by atoms with E-state index in [1.165, 1.54) is 38.5 Å². The van der Waals surface area contributed by atoms with Crippen LogP contribution in [0.15, 0.2) is 0 Å². The van der Waals surface area contributed by atoms with Crippen LogP contribution in [0.25, 0.3) is 0 Å². The molecule has 1 aliphatic heterocycles. The van der Waals surface area contributed by atoms with Crippen molar-refractivity contribution in [3.8, 4) is 0 Å². The molecule has 0 radical (unpaired) electrons. The van der Waals surface area contributed by atoms with Crippen LogP contribution >= 0.6 is 0 Å². The van der Waals surface area contributed by atoms with E-state index in [4.69, 9.17) is 0 Å². The molecular formula is C16H30N2O. The van der Waals surface area contributed by atoms with E-state index in [9.17, 15) is 4.79 Å². The largest absolute Gasteiger partial charge is 0.342 e. The maximum Gasteiger partial charge on any atom is 0.225 e. The van der Waals surface area contributed by atoms with Gasteiger partial charge in [-0.1, -0.05) is 32.6 Å². The third-order valence-corrected chi connectivity index (χ3v) is 5.00. The second-order valence-corrected chi connectivity index (χ2v) is 6.61. The van der Waals surface area contributed by atoms with E-state index in [0.29, 0.717) is 5.91 Å². The van der Waals surface area contributed by atoms with Gasteiger partial charge >= 0.3 is 0 Å². The van der Waals surface area contributed by atoms with E-state index in [2.05, 4.69) is 17.1 Å². The Hall–Kier alpha value is -0.570. The Kier molecular flexibility index (Phi) is 5.68. The van der Waals surface area contributed by atoms with Crippen molar-refractivity contribution in [2.75, 3.05) is 26.7 Å². The van der Waals surface area contributed by atoms with Crippen LogP contribution < -0.4 is 5.32 Å². The molecule has 1 unspecified atom stereocenters. The summed E-state index contributed by atoms with van der Waals surface area (Å²) in [4.78, 5) is 14.6. The standard InChI is InChI=1S/C16H30N2O/c1-13(11-14-5-3-4-6-14)16(19)18-9-7-15(8-10-18)12-17-2/h13-15,17H,3-12H2,1-2H3. The monoisotopic (exact) mass is 266 g/mol. The lowest BCUT2D eigenvalue weighted by Crippen LogP contribution is -2.43. The van der Waals surface area contributed by atoms with Crippen molar-refractivity contribution in [3.63, 3.8) is 0 Å². The Morgan fingerprint density at radius 1 is 1.16 bits per heavy atom. The molecule has 110 valence electrons. The van der Waals surface area contributed by atoms with E-state index in [1.807, 2.05) is 7.05 Å². The Labute approximate surface area is 118 Å². The second kappa shape index (κ2) is 7.28. The first-order valence-corrected chi connectivity index (χ1v) is 8.14. The van der Waals surface area contributed by atoms with Crippen LogP contribution in [0.5, 0.6) is 0 Å². The van der Waals surface area contributed by atoms with Crippen molar-refractivity contribution in [3.05, 3.63) is 0 Å². The molecule has 3 heteroatoms. The third-order valence-electron chi connectivity index (χ3n) is 5.00. The molecule has 1 atom stereocenters. The van der Waals surface area contributed by atoms with Crippen LogP contribution in [0.4, 0.5) is 0 Å². The zero-order chi connectivity index (χ0) is 13.7. The number of carbonyl (C=O) groups is 1. The number of hydrogen-bond donors (Lipinski definition) is 1. The van der Waals surface area contributed by atoms with Crippen molar-refractivity contribution in [1.29, 1.82) is 0 Å². The zero-order valence-corrected chi connectivity index (χ0v) is 12.7. The number of rotatable bonds is 5. The number of nitrogens with zero attached hydrogens (tertiary/aromatic N) is 1. The lowest BCUT2D eigenvalue weighted by atomic mass is 9.91. The van der Waals surface area contributed by atoms with Crippen LogP contribution in [0.2, 0.25) is 0 Å². The number of likely N-dealkylation sites (tertiary alicyclic amines) is 1. The number of piperidine rings is 1. The van der Waals surface area contributed by atoms with E-state index < -0.39 is 0 Å². The van der Waals surface area contributed by atoms with Crippen molar-refractivity contribution in [2.45, 2.75) is 51.9 Å². The third kappa shape index (κ3) is 4.20. The molecule has 1 amide bonds. The second-order valence-electron chi connectivity index (χ2n) is 6.61. The van der Waals surface area contributed by atoms with Gasteiger partial charge < -0.3 is 10.2 Å². The number of amides is 1. The summed E-state index contributed by atoms with van der Waals surface area (Å²) >= 11 is 0. The molecular weight excluding hydrogens is 236 g/mol. The van der Waals surface area contributed by atoms with Gasteiger partial charge in [-0.15, -0.1) is 0 Å². The first kappa shape index (κ1) is 14.8. The quantitative estimate of drug-likeness (QED) is 0.829. The number of hydrogen-bond acceptors (Lipinski definition) is 2. The number of nitrogens with one attached hydrogen (secondary N) is 1. The fourth-order valence-corrected chi connectivity index (χ4v) is 3.80. The smallest absolute Gasteiger partial charge is 0.225 e. The molecule has 1 aliphatic carbocycles. The fourth-order valence-electron chi connectivity index (χ4n) is 3.80. The Morgan fingerprint density at radius 3 is 2.37 bits per heavy atom. The molecule has 0 bridgehead atoms. The van der Waals surface area contributed by atoms with Gasteiger partial charge in [0.2, 0.25) is 5.91 Å². The summed E-state index contributed by atoms with van der Waals surface area (Å²) in [5, 5.41) is 3.25. The predicted octanol–water partition coefficient (Wildman–Crippen LogP) is 2.66. The average molecular weight is 266 g/mol. The minimum Gasteiger partial charge on any atom is -0.342 e. The SMILES string of the molecule is CNCC1CCN(C(=O)C(C)CC2CCCC2)CC1. The van der Waals surface area contributed by atoms with Gasteiger partial charge in [-0.2, -0.15) is 0 Å². The van der Waals surface area contributed by atoms with Crippen LogP contribution in [-0.4, -0.2) is 37.5 Å². The van der Waals surface area contributed by atoms with Crippen LogP contribution in [0.3, 0.4) is 0 Å².